The summed E-state index contributed by atoms with van der Waals surface area (Å²) in [6.45, 7) is 6.57. The van der Waals surface area contributed by atoms with Gasteiger partial charge in [-0.3, -0.25) is 9.88 Å². The Morgan fingerprint density at radius 3 is 2.41 bits per heavy atom. The smallest absolute Gasteiger partial charge is 0.222 e. The Balaban J connectivity index is 1.05. The van der Waals surface area contributed by atoms with E-state index in [1.165, 1.54) is 37.9 Å². The number of ether oxygens (including phenoxy) is 2. The zero-order valence-electron chi connectivity index (χ0n) is 21.5. The van der Waals surface area contributed by atoms with Crippen molar-refractivity contribution in [3.05, 3.63) is 42.5 Å². The van der Waals surface area contributed by atoms with Crippen LogP contribution in [0.25, 0.3) is 11.0 Å². The van der Waals surface area contributed by atoms with Crippen LogP contribution in [0.1, 0.15) is 50.5 Å². The van der Waals surface area contributed by atoms with Crippen LogP contribution in [0.3, 0.4) is 0 Å². The van der Waals surface area contributed by atoms with Gasteiger partial charge in [0.25, 0.3) is 0 Å². The quantitative estimate of drug-likeness (QED) is 0.513. The van der Waals surface area contributed by atoms with Crippen molar-refractivity contribution in [2.24, 2.45) is 0 Å². The van der Waals surface area contributed by atoms with Gasteiger partial charge in [0.1, 0.15) is 11.3 Å². The van der Waals surface area contributed by atoms with Gasteiger partial charge in [-0.2, -0.15) is 0 Å². The zero-order chi connectivity index (χ0) is 24.9. The summed E-state index contributed by atoms with van der Waals surface area (Å²) in [4.78, 5) is 23.2. The predicted molar refractivity (Wildman–Crippen MR) is 144 cm³/mol. The average molecular weight is 504 g/mol. The molecular formula is C28H37N7O2. The first kappa shape index (κ1) is 24.3. The third kappa shape index (κ3) is 6.10. The number of fused-ring (bicyclic) bond motifs is 1. The molecule has 1 aliphatic carbocycles. The number of aromatic nitrogens is 4. The van der Waals surface area contributed by atoms with Gasteiger partial charge in [0.2, 0.25) is 5.95 Å². The molecule has 4 heterocycles. The van der Waals surface area contributed by atoms with Crippen LogP contribution >= 0.6 is 0 Å². The van der Waals surface area contributed by atoms with E-state index in [1.54, 1.807) is 12.4 Å². The molecule has 3 aliphatic rings. The first-order valence-corrected chi connectivity index (χ1v) is 13.8. The van der Waals surface area contributed by atoms with Crippen LogP contribution in [0.15, 0.2) is 36.9 Å². The molecule has 1 aromatic carbocycles. The van der Waals surface area contributed by atoms with Crippen molar-refractivity contribution < 1.29 is 9.47 Å². The Kier molecular flexibility index (Phi) is 7.60. The van der Waals surface area contributed by atoms with Crippen molar-refractivity contribution in [2.45, 2.75) is 63.6 Å². The first-order valence-electron chi connectivity index (χ1n) is 13.8. The number of nitrogens with zero attached hydrogens (tertiary/aromatic N) is 6. The maximum absolute atomic E-state index is 6.56. The molecule has 196 valence electrons. The number of hydrogen-bond donors (Lipinski definition) is 1. The van der Waals surface area contributed by atoms with E-state index in [1.807, 2.05) is 12.4 Å². The summed E-state index contributed by atoms with van der Waals surface area (Å²) in [5.74, 6) is 1.56. The monoisotopic (exact) mass is 503 g/mol. The van der Waals surface area contributed by atoms with E-state index in [9.17, 15) is 0 Å². The summed E-state index contributed by atoms with van der Waals surface area (Å²) >= 11 is 0. The Bertz CT molecular complexity index is 1150. The van der Waals surface area contributed by atoms with Gasteiger partial charge in [-0.1, -0.05) is 6.42 Å². The lowest BCUT2D eigenvalue weighted by atomic mass is 9.93. The lowest BCUT2D eigenvalue weighted by molar-refractivity contribution is 0.122. The molecule has 9 heteroatoms. The molecule has 6 rings (SSSR count). The second kappa shape index (κ2) is 11.6. The topological polar surface area (TPSA) is 88.5 Å². The van der Waals surface area contributed by atoms with Gasteiger partial charge in [-0.15, -0.1) is 0 Å². The minimum Gasteiger partial charge on any atom is -0.488 e. The number of likely N-dealkylation sites (tertiary alicyclic amines) is 1. The summed E-state index contributed by atoms with van der Waals surface area (Å²) in [5, 5.41) is 3.55. The molecule has 3 aromatic rings. The number of piperidine rings is 1. The van der Waals surface area contributed by atoms with Crippen LogP contribution in [0.2, 0.25) is 0 Å². The number of benzene rings is 1. The van der Waals surface area contributed by atoms with Gasteiger partial charge < -0.3 is 19.7 Å². The van der Waals surface area contributed by atoms with Crippen LogP contribution in [-0.4, -0.2) is 76.4 Å². The van der Waals surface area contributed by atoms with Gasteiger partial charge in [0.15, 0.2) is 0 Å². The van der Waals surface area contributed by atoms with Gasteiger partial charge in [-0.05, 0) is 57.7 Å². The van der Waals surface area contributed by atoms with Crippen LogP contribution in [0, 0.1) is 0 Å². The summed E-state index contributed by atoms with van der Waals surface area (Å²) in [5.41, 5.74) is 4.03. The molecule has 0 bridgehead atoms. The molecule has 0 amide bonds. The second-order valence-electron chi connectivity index (χ2n) is 10.5. The highest BCUT2D eigenvalue weighted by atomic mass is 16.5. The Morgan fingerprint density at radius 1 is 0.865 bits per heavy atom. The van der Waals surface area contributed by atoms with Crippen molar-refractivity contribution >= 4 is 22.7 Å². The molecule has 2 saturated heterocycles. The maximum Gasteiger partial charge on any atom is 0.222 e. The van der Waals surface area contributed by atoms with Crippen LogP contribution in [0.4, 0.5) is 11.6 Å². The summed E-state index contributed by atoms with van der Waals surface area (Å²) in [7, 11) is 0. The van der Waals surface area contributed by atoms with Crippen molar-refractivity contribution in [1.82, 2.24) is 24.8 Å². The molecule has 2 aliphatic heterocycles. The minimum absolute atomic E-state index is 0.163. The predicted octanol–water partition coefficient (Wildman–Crippen LogP) is 4.04. The Morgan fingerprint density at radius 2 is 1.62 bits per heavy atom. The summed E-state index contributed by atoms with van der Waals surface area (Å²) in [6.07, 6.45) is 15.6. The summed E-state index contributed by atoms with van der Waals surface area (Å²) in [6, 6.07) is 4.61. The summed E-state index contributed by atoms with van der Waals surface area (Å²) < 4.78 is 12.1. The van der Waals surface area contributed by atoms with Crippen molar-refractivity contribution in [2.75, 3.05) is 49.6 Å². The highest BCUT2D eigenvalue weighted by molar-refractivity contribution is 5.85. The second-order valence-corrected chi connectivity index (χ2v) is 10.5. The van der Waals surface area contributed by atoms with Crippen molar-refractivity contribution in [3.63, 3.8) is 0 Å². The minimum atomic E-state index is 0.163. The lowest BCUT2D eigenvalue weighted by Crippen LogP contribution is -2.36. The van der Waals surface area contributed by atoms with Gasteiger partial charge >= 0.3 is 0 Å². The molecule has 3 fully saturated rings. The van der Waals surface area contributed by atoms with E-state index in [2.05, 4.69) is 47.2 Å². The van der Waals surface area contributed by atoms with E-state index in [4.69, 9.17) is 9.47 Å². The Hall–Kier alpha value is -3.04. The zero-order valence-corrected chi connectivity index (χ0v) is 21.5. The normalized spacial score (nSPS) is 23.2. The van der Waals surface area contributed by atoms with E-state index >= 15 is 0 Å². The molecule has 0 radical (unpaired) electrons. The van der Waals surface area contributed by atoms with E-state index < -0.39 is 0 Å². The third-order valence-electron chi connectivity index (χ3n) is 7.76. The van der Waals surface area contributed by atoms with Gasteiger partial charge in [0.05, 0.1) is 24.8 Å². The lowest BCUT2D eigenvalue weighted by Gasteiger charge is -2.31. The molecule has 1 N–H and O–H groups in total. The molecular weight excluding hydrogens is 466 g/mol. The Labute approximate surface area is 218 Å². The fraction of sp³-hybridized carbons (Fsp3) is 0.571. The number of nitrogens with one attached hydrogen (secondary N) is 1. The SMILES string of the molecule is c1cnc2c(OC3CCC(Nc4ncc(CN5CCCCC5)cn4)CC3)cc(N3CCOCC3)cc2n1. The fourth-order valence-electron chi connectivity index (χ4n) is 5.70. The largest absolute Gasteiger partial charge is 0.488 e. The first-order chi connectivity index (χ1) is 18.3. The van der Waals surface area contributed by atoms with Crippen molar-refractivity contribution in [3.8, 4) is 5.75 Å². The van der Waals surface area contributed by atoms with Crippen LogP contribution < -0.4 is 15.0 Å². The molecule has 1 saturated carbocycles. The molecule has 37 heavy (non-hydrogen) atoms. The van der Waals surface area contributed by atoms with Crippen LogP contribution in [-0.2, 0) is 11.3 Å². The molecule has 0 atom stereocenters. The van der Waals surface area contributed by atoms with Gasteiger partial charge in [0, 0.05) is 67.8 Å². The number of rotatable bonds is 7. The number of anilines is 2. The van der Waals surface area contributed by atoms with E-state index in [0.717, 1.165) is 86.9 Å². The fourth-order valence-corrected chi connectivity index (χ4v) is 5.70. The van der Waals surface area contributed by atoms with Crippen LogP contribution in [0.5, 0.6) is 5.75 Å². The van der Waals surface area contributed by atoms with E-state index in [-0.39, 0.29) is 6.10 Å². The molecule has 9 nitrogen and oxygen atoms in total. The average Bonchev–Trinajstić information content (AvgIpc) is 2.96. The third-order valence-corrected chi connectivity index (χ3v) is 7.76. The number of morpholine rings is 1. The van der Waals surface area contributed by atoms with Gasteiger partial charge in [-0.25, -0.2) is 15.0 Å². The number of hydrogen-bond acceptors (Lipinski definition) is 9. The molecule has 2 aromatic heterocycles. The highest BCUT2D eigenvalue weighted by Gasteiger charge is 2.25. The maximum atomic E-state index is 6.56. The van der Waals surface area contributed by atoms with Crippen molar-refractivity contribution in [1.29, 1.82) is 0 Å². The molecule has 0 spiro atoms. The standard InChI is InChI=1S/C28H37N7O2/c1-2-10-34(11-3-1)20-21-18-31-28(32-19-21)33-22-4-6-24(7-5-22)37-26-17-23(35-12-14-36-15-13-35)16-25-27(26)30-9-8-29-25/h8-9,16-19,22,24H,1-7,10-15,20H2,(H,31,32,33). The molecule has 0 unspecified atom stereocenters. The highest BCUT2D eigenvalue weighted by Crippen LogP contribution is 2.33. The van der Waals surface area contributed by atoms with E-state index in [0.29, 0.717) is 6.04 Å².